The molecule has 1 aliphatic rings. The van der Waals surface area contributed by atoms with Crippen LogP contribution in [-0.2, 0) is 6.42 Å². The predicted octanol–water partition coefficient (Wildman–Crippen LogP) is 2.91. The van der Waals surface area contributed by atoms with E-state index < -0.39 is 0 Å². The fraction of sp³-hybridized carbons (Fsp3) is 0.235. The van der Waals surface area contributed by atoms with Gasteiger partial charge in [-0.15, -0.1) is 0 Å². The summed E-state index contributed by atoms with van der Waals surface area (Å²) < 4.78 is 5.77. The molecule has 20 heavy (non-hydrogen) atoms. The monoisotopic (exact) mass is 265 g/mol. The summed E-state index contributed by atoms with van der Waals surface area (Å²) in [6.45, 7) is 0.154. The van der Waals surface area contributed by atoms with Crippen molar-refractivity contribution in [2.24, 2.45) is 0 Å². The molecule has 1 heterocycles. The number of aliphatic hydroxyl groups excluding tert-OH is 1. The van der Waals surface area contributed by atoms with Crippen molar-refractivity contribution in [2.75, 3.05) is 6.61 Å². The normalized spacial score (nSPS) is 16.3. The number of nitriles is 1. The lowest BCUT2D eigenvalue weighted by Gasteiger charge is -2.07. The van der Waals surface area contributed by atoms with Crippen molar-refractivity contribution in [3.05, 3.63) is 53.6 Å². The molecule has 0 radical (unpaired) electrons. The summed E-state index contributed by atoms with van der Waals surface area (Å²) in [5.74, 6) is 0.917. The maximum absolute atomic E-state index is 8.98. The van der Waals surface area contributed by atoms with Crippen LogP contribution in [0.4, 0.5) is 0 Å². The highest BCUT2D eigenvalue weighted by atomic mass is 16.5. The molecule has 0 bridgehead atoms. The molecule has 3 rings (SSSR count). The molecule has 0 saturated heterocycles. The molecule has 1 atom stereocenters. The molecule has 2 aromatic carbocycles. The molecule has 0 saturated carbocycles. The number of hydrogen-bond acceptors (Lipinski definition) is 3. The number of fused-ring (bicyclic) bond motifs is 1. The highest BCUT2D eigenvalue weighted by Gasteiger charge is 2.22. The first kappa shape index (κ1) is 12.7. The Bertz CT molecular complexity index is 656. The van der Waals surface area contributed by atoms with Gasteiger partial charge in [-0.2, -0.15) is 5.26 Å². The summed E-state index contributed by atoms with van der Waals surface area (Å²) in [4.78, 5) is 0. The van der Waals surface area contributed by atoms with E-state index in [0.29, 0.717) is 12.0 Å². The molecule has 0 aromatic heterocycles. The van der Waals surface area contributed by atoms with Gasteiger partial charge in [0.05, 0.1) is 11.6 Å². The zero-order valence-electron chi connectivity index (χ0n) is 11.0. The van der Waals surface area contributed by atoms with E-state index in [0.717, 1.165) is 23.3 Å². The van der Waals surface area contributed by atoms with Gasteiger partial charge in [0.15, 0.2) is 0 Å². The molecular formula is C17H15NO2. The van der Waals surface area contributed by atoms with Crippen molar-refractivity contribution in [1.82, 2.24) is 0 Å². The zero-order chi connectivity index (χ0) is 13.9. The van der Waals surface area contributed by atoms with E-state index in [-0.39, 0.29) is 12.7 Å². The molecule has 0 amide bonds. The van der Waals surface area contributed by atoms with Crippen LogP contribution in [0.25, 0.3) is 11.1 Å². The van der Waals surface area contributed by atoms with Crippen molar-refractivity contribution in [3.8, 4) is 22.9 Å². The summed E-state index contributed by atoms with van der Waals surface area (Å²) in [5, 5.41) is 17.8. The zero-order valence-corrected chi connectivity index (χ0v) is 11.0. The van der Waals surface area contributed by atoms with Crippen LogP contribution in [0.15, 0.2) is 42.5 Å². The Hall–Kier alpha value is -2.31. The van der Waals surface area contributed by atoms with Gasteiger partial charge >= 0.3 is 0 Å². The maximum Gasteiger partial charge on any atom is 0.123 e. The van der Waals surface area contributed by atoms with Crippen LogP contribution in [0.2, 0.25) is 0 Å². The van der Waals surface area contributed by atoms with E-state index in [4.69, 9.17) is 15.1 Å². The summed E-state index contributed by atoms with van der Waals surface area (Å²) in [6.07, 6.45) is 1.60. The Kier molecular flexibility index (Phi) is 3.41. The van der Waals surface area contributed by atoms with Crippen LogP contribution in [-0.4, -0.2) is 17.8 Å². The van der Waals surface area contributed by atoms with Gasteiger partial charge in [0, 0.05) is 19.4 Å². The SMILES string of the molecule is N#Cc1ccc(-c2ccc3c(c2)CC(CCO)O3)cc1. The Morgan fingerprint density at radius 3 is 2.60 bits per heavy atom. The third-order valence-electron chi connectivity index (χ3n) is 3.60. The highest BCUT2D eigenvalue weighted by molar-refractivity contribution is 5.66. The molecular weight excluding hydrogens is 250 g/mol. The number of ether oxygens (including phenoxy) is 1. The van der Waals surface area contributed by atoms with E-state index in [2.05, 4.69) is 12.1 Å². The van der Waals surface area contributed by atoms with Crippen LogP contribution in [0, 0.1) is 11.3 Å². The van der Waals surface area contributed by atoms with Crippen molar-refractivity contribution in [2.45, 2.75) is 18.9 Å². The lowest BCUT2D eigenvalue weighted by molar-refractivity contribution is 0.175. The average molecular weight is 265 g/mol. The minimum Gasteiger partial charge on any atom is -0.490 e. The molecule has 3 heteroatoms. The van der Waals surface area contributed by atoms with Gasteiger partial charge in [0.2, 0.25) is 0 Å². The second kappa shape index (κ2) is 5.36. The summed E-state index contributed by atoms with van der Waals surface area (Å²) in [7, 11) is 0. The predicted molar refractivity (Wildman–Crippen MR) is 76.4 cm³/mol. The topological polar surface area (TPSA) is 53.2 Å². The van der Waals surface area contributed by atoms with Crippen molar-refractivity contribution >= 4 is 0 Å². The smallest absolute Gasteiger partial charge is 0.123 e. The Morgan fingerprint density at radius 2 is 1.90 bits per heavy atom. The minimum atomic E-state index is 0.0891. The second-order valence-corrected chi connectivity index (χ2v) is 4.97. The van der Waals surface area contributed by atoms with E-state index >= 15 is 0 Å². The first-order valence-corrected chi connectivity index (χ1v) is 6.71. The molecule has 1 aliphatic heterocycles. The van der Waals surface area contributed by atoms with Crippen LogP contribution in [0.3, 0.4) is 0 Å². The van der Waals surface area contributed by atoms with Crippen molar-refractivity contribution in [1.29, 1.82) is 5.26 Å². The van der Waals surface area contributed by atoms with Crippen molar-refractivity contribution in [3.63, 3.8) is 0 Å². The third kappa shape index (κ3) is 2.38. The van der Waals surface area contributed by atoms with Gasteiger partial charge in [0.1, 0.15) is 11.9 Å². The third-order valence-corrected chi connectivity index (χ3v) is 3.60. The highest BCUT2D eigenvalue weighted by Crippen LogP contribution is 2.33. The van der Waals surface area contributed by atoms with Gasteiger partial charge in [0.25, 0.3) is 0 Å². The first-order valence-electron chi connectivity index (χ1n) is 6.71. The molecule has 1 N–H and O–H groups in total. The van der Waals surface area contributed by atoms with Crippen LogP contribution in [0.5, 0.6) is 5.75 Å². The van der Waals surface area contributed by atoms with Crippen molar-refractivity contribution < 1.29 is 9.84 Å². The largest absolute Gasteiger partial charge is 0.490 e. The quantitative estimate of drug-likeness (QED) is 0.928. The number of hydrogen-bond donors (Lipinski definition) is 1. The molecule has 1 unspecified atom stereocenters. The van der Waals surface area contributed by atoms with E-state index in [1.54, 1.807) is 0 Å². The Labute approximate surface area is 118 Å². The second-order valence-electron chi connectivity index (χ2n) is 4.97. The fourth-order valence-electron chi connectivity index (χ4n) is 2.54. The van der Waals surface area contributed by atoms with Gasteiger partial charge in [-0.1, -0.05) is 18.2 Å². The summed E-state index contributed by atoms with van der Waals surface area (Å²) in [5.41, 5.74) is 4.07. The van der Waals surface area contributed by atoms with Crippen LogP contribution in [0.1, 0.15) is 17.5 Å². The van der Waals surface area contributed by atoms with Crippen LogP contribution >= 0.6 is 0 Å². The molecule has 0 spiro atoms. The first-order chi connectivity index (χ1) is 9.80. The van der Waals surface area contributed by atoms with Gasteiger partial charge in [-0.25, -0.2) is 0 Å². The lowest BCUT2D eigenvalue weighted by atomic mass is 10.00. The molecule has 100 valence electrons. The standard InChI is InChI=1S/C17H15NO2/c18-11-12-1-3-13(4-2-12)14-5-6-17-15(9-14)10-16(20-17)7-8-19/h1-6,9,16,19H,7-8,10H2. The van der Waals surface area contributed by atoms with Gasteiger partial charge in [-0.05, 0) is 41.0 Å². The number of aliphatic hydroxyl groups is 1. The summed E-state index contributed by atoms with van der Waals surface area (Å²) in [6, 6.07) is 15.8. The lowest BCUT2D eigenvalue weighted by Crippen LogP contribution is -2.14. The Balaban J connectivity index is 1.87. The van der Waals surface area contributed by atoms with E-state index in [1.165, 1.54) is 5.56 Å². The molecule has 3 nitrogen and oxygen atoms in total. The molecule has 0 aliphatic carbocycles. The minimum absolute atomic E-state index is 0.0891. The average Bonchev–Trinajstić information content (AvgIpc) is 2.89. The van der Waals surface area contributed by atoms with E-state index in [1.807, 2.05) is 36.4 Å². The van der Waals surface area contributed by atoms with Gasteiger partial charge < -0.3 is 9.84 Å². The van der Waals surface area contributed by atoms with Crippen LogP contribution < -0.4 is 4.74 Å². The Morgan fingerprint density at radius 1 is 1.15 bits per heavy atom. The van der Waals surface area contributed by atoms with E-state index in [9.17, 15) is 0 Å². The number of nitrogens with zero attached hydrogens (tertiary/aromatic N) is 1. The maximum atomic E-state index is 8.98. The van der Waals surface area contributed by atoms with Gasteiger partial charge in [-0.3, -0.25) is 0 Å². The number of rotatable bonds is 3. The fourth-order valence-corrected chi connectivity index (χ4v) is 2.54. The summed E-state index contributed by atoms with van der Waals surface area (Å²) >= 11 is 0. The molecule has 0 fully saturated rings. The number of benzene rings is 2. The molecule has 2 aromatic rings.